The molecule has 0 radical (unpaired) electrons. The third kappa shape index (κ3) is 8.00. The van der Waals surface area contributed by atoms with Crippen LogP contribution in [0.15, 0.2) is 12.1 Å². The van der Waals surface area contributed by atoms with Crippen molar-refractivity contribution in [3.05, 3.63) is 28.8 Å². The highest BCUT2D eigenvalue weighted by atomic mass is 32.1. The zero-order valence-electron chi connectivity index (χ0n) is 17.8. The Morgan fingerprint density at radius 1 is 0.793 bits per heavy atom. The number of halogens is 2. The summed E-state index contributed by atoms with van der Waals surface area (Å²) in [6.07, 6.45) is 13.5. The average Bonchev–Trinajstić information content (AvgIpc) is 3.19. The number of hydrogen-bond acceptors (Lipinski definition) is 4. The Bertz CT molecular complexity index is 721. The highest BCUT2D eigenvalue weighted by molar-refractivity contribution is 7.14. The van der Waals surface area contributed by atoms with E-state index >= 15 is 0 Å². The van der Waals surface area contributed by atoms with Gasteiger partial charge in [0, 0.05) is 6.42 Å². The molecule has 0 N–H and O–H groups in total. The van der Waals surface area contributed by atoms with E-state index < -0.39 is 11.6 Å². The molecule has 0 atom stereocenters. The quantitative estimate of drug-likeness (QED) is 0.274. The van der Waals surface area contributed by atoms with Gasteiger partial charge in [-0.3, -0.25) is 0 Å². The molecule has 2 aromatic rings. The molecule has 0 aliphatic carbocycles. The summed E-state index contributed by atoms with van der Waals surface area (Å²) in [5, 5.41) is 9.53. The second-order valence-electron chi connectivity index (χ2n) is 7.52. The van der Waals surface area contributed by atoms with Crippen LogP contribution in [0.5, 0.6) is 5.75 Å². The molecule has 0 amide bonds. The number of aryl methyl sites for hydroxylation is 1. The Balaban J connectivity index is 1.86. The first kappa shape index (κ1) is 23.7. The van der Waals surface area contributed by atoms with Gasteiger partial charge in [0.15, 0.2) is 16.6 Å². The van der Waals surface area contributed by atoms with E-state index in [1.54, 1.807) is 6.07 Å². The standard InChI is InChI=1S/C23H34F2N2OS/c1-3-5-7-9-10-12-14-20-26-27-23(29-20)18-15-16-19(22(25)21(18)24)28-17-13-11-8-6-4-2/h15-16H,3-14,17H2,1-2H3. The molecule has 1 aromatic carbocycles. The van der Waals surface area contributed by atoms with Crippen LogP contribution in [-0.4, -0.2) is 16.8 Å². The van der Waals surface area contributed by atoms with Crippen LogP contribution in [0.2, 0.25) is 0 Å². The van der Waals surface area contributed by atoms with E-state index in [1.165, 1.54) is 62.3 Å². The number of aromatic nitrogens is 2. The second kappa shape index (κ2) is 13.6. The molecule has 0 saturated heterocycles. The molecule has 0 bridgehead atoms. The van der Waals surface area contributed by atoms with Crippen molar-refractivity contribution in [2.75, 3.05) is 6.61 Å². The number of hydrogen-bond donors (Lipinski definition) is 0. The highest BCUT2D eigenvalue weighted by Crippen LogP contribution is 2.32. The summed E-state index contributed by atoms with van der Waals surface area (Å²) in [4.78, 5) is 0. The topological polar surface area (TPSA) is 35.0 Å². The Morgan fingerprint density at radius 2 is 1.45 bits per heavy atom. The van der Waals surface area contributed by atoms with Crippen LogP contribution in [0, 0.1) is 11.6 Å². The normalized spacial score (nSPS) is 11.2. The van der Waals surface area contributed by atoms with Gasteiger partial charge >= 0.3 is 0 Å². The maximum absolute atomic E-state index is 14.5. The van der Waals surface area contributed by atoms with Crippen LogP contribution < -0.4 is 4.74 Å². The van der Waals surface area contributed by atoms with Crippen LogP contribution in [0.3, 0.4) is 0 Å². The minimum atomic E-state index is -0.941. The summed E-state index contributed by atoms with van der Waals surface area (Å²) in [5.74, 6) is -1.88. The van der Waals surface area contributed by atoms with Gasteiger partial charge in [-0.2, -0.15) is 4.39 Å². The van der Waals surface area contributed by atoms with Crippen molar-refractivity contribution in [3.63, 3.8) is 0 Å². The van der Waals surface area contributed by atoms with Crippen molar-refractivity contribution in [2.24, 2.45) is 0 Å². The number of rotatable bonds is 15. The predicted molar refractivity (Wildman–Crippen MR) is 117 cm³/mol. The number of ether oxygens (including phenoxy) is 1. The Hall–Kier alpha value is -1.56. The lowest BCUT2D eigenvalue weighted by Gasteiger charge is -2.09. The summed E-state index contributed by atoms with van der Waals surface area (Å²) in [5.41, 5.74) is 0.157. The average molecular weight is 425 g/mol. The van der Waals surface area contributed by atoms with Crippen LogP contribution in [0.4, 0.5) is 8.78 Å². The third-order valence-electron chi connectivity index (χ3n) is 4.99. The predicted octanol–water partition coefficient (Wildman–Crippen LogP) is 7.74. The van der Waals surface area contributed by atoms with Crippen molar-refractivity contribution in [1.29, 1.82) is 0 Å². The van der Waals surface area contributed by atoms with E-state index in [4.69, 9.17) is 4.74 Å². The van der Waals surface area contributed by atoms with Gasteiger partial charge in [-0.1, -0.05) is 83.0 Å². The Morgan fingerprint density at radius 3 is 2.17 bits per heavy atom. The van der Waals surface area contributed by atoms with Crippen LogP contribution in [0.1, 0.15) is 89.5 Å². The lowest BCUT2D eigenvalue weighted by atomic mass is 10.1. The molecule has 0 saturated carbocycles. The number of unbranched alkanes of at least 4 members (excludes halogenated alkanes) is 9. The molecule has 2 rings (SSSR count). The van der Waals surface area contributed by atoms with Gasteiger partial charge < -0.3 is 4.74 Å². The van der Waals surface area contributed by atoms with E-state index in [9.17, 15) is 8.78 Å². The summed E-state index contributed by atoms with van der Waals surface area (Å²) >= 11 is 1.34. The molecule has 0 fully saturated rings. The van der Waals surface area contributed by atoms with Crippen molar-refractivity contribution in [2.45, 2.75) is 90.9 Å². The van der Waals surface area contributed by atoms with E-state index in [2.05, 4.69) is 24.0 Å². The lowest BCUT2D eigenvalue weighted by Crippen LogP contribution is -2.01. The molecule has 1 heterocycles. The van der Waals surface area contributed by atoms with E-state index in [0.717, 1.165) is 37.1 Å². The zero-order valence-corrected chi connectivity index (χ0v) is 18.6. The molecular formula is C23H34F2N2OS. The van der Waals surface area contributed by atoms with Gasteiger partial charge in [0.2, 0.25) is 5.82 Å². The molecule has 0 aliphatic rings. The first-order valence-corrected chi connectivity index (χ1v) is 11.9. The van der Waals surface area contributed by atoms with Crippen LogP contribution in [0.25, 0.3) is 10.6 Å². The summed E-state index contributed by atoms with van der Waals surface area (Å²) in [7, 11) is 0. The zero-order chi connectivity index (χ0) is 20.9. The van der Waals surface area contributed by atoms with Gasteiger partial charge in [-0.15, -0.1) is 10.2 Å². The Labute approximate surface area is 177 Å². The van der Waals surface area contributed by atoms with E-state index in [1.807, 2.05) is 0 Å². The van der Waals surface area contributed by atoms with Crippen LogP contribution in [-0.2, 0) is 6.42 Å². The van der Waals surface area contributed by atoms with Crippen molar-refractivity contribution in [3.8, 4) is 16.3 Å². The van der Waals surface area contributed by atoms with Gasteiger partial charge in [0.25, 0.3) is 0 Å². The minimum absolute atomic E-state index is 0.0291. The van der Waals surface area contributed by atoms with E-state index in [-0.39, 0.29) is 11.3 Å². The molecule has 1 aromatic heterocycles. The first-order valence-electron chi connectivity index (χ1n) is 11.1. The minimum Gasteiger partial charge on any atom is -0.490 e. The van der Waals surface area contributed by atoms with Crippen molar-refractivity contribution in [1.82, 2.24) is 10.2 Å². The molecule has 0 unspecified atom stereocenters. The molecule has 29 heavy (non-hydrogen) atoms. The summed E-state index contributed by atoms with van der Waals surface area (Å²) < 4.78 is 34.4. The van der Waals surface area contributed by atoms with Crippen molar-refractivity contribution >= 4 is 11.3 Å². The fourth-order valence-corrected chi connectivity index (χ4v) is 4.12. The maximum Gasteiger partial charge on any atom is 0.201 e. The van der Waals surface area contributed by atoms with Crippen molar-refractivity contribution < 1.29 is 13.5 Å². The summed E-state index contributed by atoms with van der Waals surface area (Å²) in [6, 6.07) is 3.04. The second-order valence-corrected chi connectivity index (χ2v) is 8.58. The number of benzene rings is 1. The monoisotopic (exact) mass is 424 g/mol. The molecular weight excluding hydrogens is 390 g/mol. The summed E-state index contributed by atoms with van der Waals surface area (Å²) in [6.45, 7) is 4.77. The molecule has 0 spiro atoms. The number of nitrogens with zero attached hydrogens (tertiary/aromatic N) is 2. The first-order chi connectivity index (χ1) is 14.2. The molecule has 162 valence electrons. The smallest absolute Gasteiger partial charge is 0.201 e. The largest absolute Gasteiger partial charge is 0.490 e. The SMILES string of the molecule is CCCCCCCCc1nnc(-c2ccc(OCCCCCCC)c(F)c2F)s1. The van der Waals surface area contributed by atoms with Gasteiger partial charge in [0.1, 0.15) is 5.01 Å². The molecule has 0 aliphatic heterocycles. The Kier molecular flexibility index (Phi) is 11.1. The third-order valence-corrected chi connectivity index (χ3v) is 6.01. The van der Waals surface area contributed by atoms with Crippen LogP contribution >= 0.6 is 11.3 Å². The molecule has 6 heteroatoms. The van der Waals surface area contributed by atoms with Gasteiger partial charge in [0.05, 0.1) is 12.2 Å². The lowest BCUT2D eigenvalue weighted by molar-refractivity contribution is 0.285. The fourth-order valence-electron chi connectivity index (χ4n) is 3.22. The van der Waals surface area contributed by atoms with E-state index in [0.29, 0.717) is 11.6 Å². The molecule has 3 nitrogen and oxygen atoms in total. The maximum atomic E-state index is 14.5. The fraction of sp³-hybridized carbons (Fsp3) is 0.652. The van der Waals surface area contributed by atoms with Gasteiger partial charge in [-0.25, -0.2) is 4.39 Å². The van der Waals surface area contributed by atoms with Gasteiger partial charge in [-0.05, 0) is 25.0 Å². The highest BCUT2D eigenvalue weighted by Gasteiger charge is 2.18.